The van der Waals surface area contributed by atoms with Crippen molar-refractivity contribution in [1.29, 1.82) is 0 Å². The molecule has 0 unspecified atom stereocenters. The highest BCUT2D eigenvalue weighted by molar-refractivity contribution is 6.33. The van der Waals surface area contributed by atoms with Gasteiger partial charge in [-0.15, -0.1) is 0 Å². The number of alkyl halides is 3. The van der Waals surface area contributed by atoms with E-state index in [0.29, 0.717) is 6.07 Å². The normalized spacial score (nSPS) is 11.4. The average Bonchev–Trinajstić information content (AvgIpc) is 2.38. The van der Waals surface area contributed by atoms with E-state index in [1.165, 1.54) is 18.7 Å². The SMILES string of the molecule is O=C(c1cncnc1)c1ccc(C(F)(F)F)nc1Cl. The first-order valence-electron chi connectivity index (χ1n) is 4.93. The van der Waals surface area contributed by atoms with E-state index in [4.69, 9.17) is 11.6 Å². The molecule has 0 aliphatic carbocycles. The Hall–Kier alpha value is -2.02. The van der Waals surface area contributed by atoms with Crippen LogP contribution < -0.4 is 0 Å². The predicted molar refractivity (Wildman–Crippen MR) is 59.7 cm³/mol. The summed E-state index contributed by atoms with van der Waals surface area (Å²) in [5.74, 6) is -0.591. The Kier molecular flexibility index (Phi) is 3.48. The van der Waals surface area contributed by atoms with Crippen LogP contribution in [-0.2, 0) is 6.18 Å². The summed E-state index contributed by atoms with van der Waals surface area (Å²) in [7, 11) is 0. The topological polar surface area (TPSA) is 55.7 Å². The predicted octanol–water partition coefficient (Wildman–Crippen LogP) is 2.77. The number of halogens is 4. The third kappa shape index (κ3) is 2.87. The Balaban J connectivity index is 2.40. The highest BCUT2D eigenvalue weighted by Gasteiger charge is 2.33. The Morgan fingerprint density at radius 3 is 2.32 bits per heavy atom. The number of ketones is 1. The second-order valence-corrected chi connectivity index (χ2v) is 3.85. The maximum absolute atomic E-state index is 12.4. The fourth-order valence-electron chi connectivity index (χ4n) is 1.33. The molecule has 2 aromatic rings. The highest BCUT2D eigenvalue weighted by Crippen LogP contribution is 2.29. The van der Waals surface area contributed by atoms with Crippen LogP contribution in [0.1, 0.15) is 21.6 Å². The van der Waals surface area contributed by atoms with Crippen LogP contribution in [0.2, 0.25) is 5.15 Å². The molecule has 0 aromatic carbocycles. The van der Waals surface area contributed by atoms with E-state index in [0.717, 1.165) is 6.07 Å². The molecule has 0 aliphatic heterocycles. The second kappa shape index (κ2) is 4.93. The first-order valence-corrected chi connectivity index (χ1v) is 5.31. The van der Waals surface area contributed by atoms with Gasteiger partial charge in [-0.1, -0.05) is 11.6 Å². The van der Waals surface area contributed by atoms with Crippen LogP contribution in [0, 0.1) is 0 Å². The maximum atomic E-state index is 12.4. The van der Waals surface area contributed by atoms with E-state index in [-0.39, 0.29) is 11.1 Å². The number of aromatic nitrogens is 3. The summed E-state index contributed by atoms with van der Waals surface area (Å²) in [4.78, 5) is 22.4. The molecule has 98 valence electrons. The van der Waals surface area contributed by atoms with Gasteiger partial charge in [-0.2, -0.15) is 13.2 Å². The molecular weight excluding hydrogens is 283 g/mol. The minimum atomic E-state index is -4.61. The highest BCUT2D eigenvalue weighted by atomic mass is 35.5. The molecule has 19 heavy (non-hydrogen) atoms. The molecule has 0 aliphatic rings. The van der Waals surface area contributed by atoms with Crippen molar-refractivity contribution in [2.24, 2.45) is 0 Å². The summed E-state index contributed by atoms with van der Waals surface area (Å²) >= 11 is 5.61. The van der Waals surface area contributed by atoms with Gasteiger partial charge in [0.25, 0.3) is 0 Å². The van der Waals surface area contributed by atoms with Crippen LogP contribution >= 0.6 is 11.6 Å². The van der Waals surface area contributed by atoms with E-state index in [1.54, 1.807) is 0 Å². The van der Waals surface area contributed by atoms with E-state index in [1.807, 2.05) is 0 Å². The zero-order valence-electron chi connectivity index (χ0n) is 9.15. The third-order valence-electron chi connectivity index (χ3n) is 2.21. The molecule has 2 rings (SSSR count). The van der Waals surface area contributed by atoms with Gasteiger partial charge in [-0.05, 0) is 12.1 Å². The Morgan fingerprint density at radius 1 is 1.16 bits per heavy atom. The maximum Gasteiger partial charge on any atom is 0.433 e. The van der Waals surface area contributed by atoms with Crippen LogP contribution in [0.15, 0.2) is 30.9 Å². The minimum absolute atomic E-state index is 0.117. The first-order chi connectivity index (χ1) is 8.89. The van der Waals surface area contributed by atoms with Crippen LogP contribution in [0.5, 0.6) is 0 Å². The lowest BCUT2D eigenvalue weighted by atomic mass is 10.1. The Labute approximate surface area is 110 Å². The summed E-state index contributed by atoms with van der Waals surface area (Å²) in [5.41, 5.74) is -1.17. The van der Waals surface area contributed by atoms with Crippen molar-refractivity contribution in [3.63, 3.8) is 0 Å². The number of pyridine rings is 1. The van der Waals surface area contributed by atoms with Crippen molar-refractivity contribution >= 4 is 17.4 Å². The molecule has 0 saturated carbocycles. The molecule has 0 saturated heterocycles. The van der Waals surface area contributed by atoms with E-state index >= 15 is 0 Å². The molecule has 0 bridgehead atoms. The summed E-state index contributed by atoms with van der Waals surface area (Å²) in [6.07, 6.45) is -0.906. The van der Waals surface area contributed by atoms with E-state index in [9.17, 15) is 18.0 Å². The standard InChI is InChI=1S/C11H5ClF3N3O/c12-10-7(1-2-8(18-10)11(13,14)15)9(19)6-3-16-5-17-4-6/h1-5H. The van der Waals surface area contributed by atoms with Gasteiger partial charge in [0.05, 0.1) is 11.1 Å². The van der Waals surface area contributed by atoms with Crippen molar-refractivity contribution in [2.75, 3.05) is 0 Å². The van der Waals surface area contributed by atoms with E-state index in [2.05, 4.69) is 15.0 Å². The van der Waals surface area contributed by atoms with Crippen molar-refractivity contribution < 1.29 is 18.0 Å². The van der Waals surface area contributed by atoms with Gasteiger partial charge >= 0.3 is 6.18 Å². The molecule has 4 nitrogen and oxygen atoms in total. The first kappa shape index (κ1) is 13.4. The van der Waals surface area contributed by atoms with Gasteiger partial charge in [0.2, 0.25) is 0 Å². The van der Waals surface area contributed by atoms with Crippen molar-refractivity contribution in [1.82, 2.24) is 15.0 Å². The number of carbonyl (C=O) groups is 1. The van der Waals surface area contributed by atoms with Gasteiger partial charge in [-0.25, -0.2) is 15.0 Å². The summed E-state index contributed by atoms with van der Waals surface area (Å²) in [6.45, 7) is 0. The Morgan fingerprint density at radius 2 is 1.79 bits per heavy atom. The van der Waals surface area contributed by atoms with E-state index < -0.39 is 22.8 Å². The van der Waals surface area contributed by atoms with Crippen LogP contribution in [0.4, 0.5) is 13.2 Å². The smallest absolute Gasteiger partial charge is 0.288 e. The van der Waals surface area contributed by atoms with Gasteiger partial charge in [0.15, 0.2) is 5.78 Å². The molecule has 0 atom stereocenters. The fourth-order valence-corrected chi connectivity index (χ4v) is 1.57. The summed E-state index contributed by atoms with van der Waals surface area (Å²) in [6, 6.07) is 1.68. The number of nitrogens with zero attached hydrogens (tertiary/aromatic N) is 3. The lowest BCUT2D eigenvalue weighted by Gasteiger charge is -2.08. The van der Waals surface area contributed by atoms with Crippen molar-refractivity contribution in [3.8, 4) is 0 Å². The van der Waals surface area contributed by atoms with Gasteiger partial charge < -0.3 is 0 Å². The lowest BCUT2D eigenvalue weighted by molar-refractivity contribution is -0.141. The van der Waals surface area contributed by atoms with Crippen molar-refractivity contribution in [2.45, 2.75) is 6.18 Å². The summed E-state index contributed by atoms with van der Waals surface area (Å²) < 4.78 is 37.2. The molecule has 0 amide bonds. The molecule has 2 heterocycles. The number of carbonyl (C=O) groups excluding carboxylic acids is 1. The Bertz CT molecular complexity index is 616. The molecule has 2 aromatic heterocycles. The number of hydrogen-bond donors (Lipinski definition) is 0. The monoisotopic (exact) mass is 287 g/mol. The molecule has 0 spiro atoms. The van der Waals surface area contributed by atoms with Crippen LogP contribution in [-0.4, -0.2) is 20.7 Å². The summed E-state index contributed by atoms with van der Waals surface area (Å²) in [5, 5.41) is -0.510. The molecular formula is C11H5ClF3N3O. The van der Waals surface area contributed by atoms with Crippen LogP contribution in [0.3, 0.4) is 0 Å². The van der Waals surface area contributed by atoms with Gasteiger partial charge in [0, 0.05) is 12.4 Å². The van der Waals surface area contributed by atoms with Gasteiger partial charge in [0.1, 0.15) is 17.2 Å². The molecule has 0 radical (unpaired) electrons. The van der Waals surface area contributed by atoms with Crippen LogP contribution in [0.25, 0.3) is 0 Å². The van der Waals surface area contributed by atoms with Gasteiger partial charge in [-0.3, -0.25) is 4.79 Å². The minimum Gasteiger partial charge on any atom is -0.288 e. The number of rotatable bonds is 2. The van der Waals surface area contributed by atoms with Crippen molar-refractivity contribution in [3.05, 3.63) is 52.8 Å². The third-order valence-corrected chi connectivity index (χ3v) is 2.49. The molecule has 0 N–H and O–H groups in total. The largest absolute Gasteiger partial charge is 0.433 e. The molecule has 0 fully saturated rings. The number of hydrogen-bond acceptors (Lipinski definition) is 4. The molecule has 8 heteroatoms. The lowest BCUT2D eigenvalue weighted by Crippen LogP contribution is -2.11. The quantitative estimate of drug-likeness (QED) is 0.629. The zero-order valence-corrected chi connectivity index (χ0v) is 9.90. The average molecular weight is 288 g/mol. The second-order valence-electron chi connectivity index (χ2n) is 3.49. The zero-order chi connectivity index (χ0) is 14.0. The fraction of sp³-hybridized carbons (Fsp3) is 0.0909.